The largest absolute Gasteiger partial charge is 0.493 e. The Kier molecular flexibility index (Phi) is 6.10. The molecule has 35 heavy (non-hydrogen) atoms. The first-order chi connectivity index (χ1) is 17.0. The quantitative estimate of drug-likeness (QED) is 0.417. The minimum absolute atomic E-state index is 0.127. The molecule has 9 heteroatoms. The molecule has 0 unspecified atom stereocenters. The van der Waals surface area contributed by atoms with Crippen LogP contribution < -0.4 is 21.0 Å². The molecule has 2 aromatic carbocycles. The van der Waals surface area contributed by atoms with Crippen molar-refractivity contribution < 1.29 is 14.3 Å². The normalized spacial score (nSPS) is 14.3. The van der Waals surface area contributed by atoms with Crippen molar-refractivity contribution >= 4 is 33.5 Å². The van der Waals surface area contributed by atoms with Crippen LogP contribution in [0.3, 0.4) is 0 Å². The second-order valence-corrected chi connectivity index (χ2v) is 8.58. The maximum absolute atomic E-state index is 13.8. The number of carbonyl (C=O) groups excluding carboxylic acids is 2. The lowest BCUT2D eigenvalue weighted by molar-refractivity contribution is 0.0722. The van der Waals surface area contributed by atoms with E-state index in [4.69, 9.17) is 4.74 Å². The smallest absolute Gasteiger partial charge is 0.286 e. The van der Waals surface area contributed by atoms with E-state index in [9.17, 15) is 14.4 Å². The number of ether oxygens (including phenoxy) is 1. The van der Waals surface area contributed by atoms with Crippen molar-refractivity contribution in [2.45, 2.75) is 13.0 Å². The van der Waals surface area contributed by atoms with Gasteiger partial charge in [0.15, 0.2) is 17.2 Å². The summed E-state index contributed by atoms with van der Waals surface area (Å²) in [6, 6.07) is 16.3. The minimum atomic E-state index is -0.380. The summed E-state index contributed by atoms with van der Waals surface area (Å²) in [5.41, 5.74) is 4.52. The topological polar surface area (TPSA) is 97.6 Å². The van der Waals surface area contributed by atoms with Gasteiger partial charge in [0.25, 0.3) is 11.5 Å². The lowest BCUT2D eigenvalue weighted by Gasteiger charge is -2.27. The van der Waals surface area contributed by atoms with E-state index in [1.165, 1.54) is 11.7 Å². The van der Waals surface area contributed by atoms with Crippen molar-refractivity contribution in [2.24, 2.45) is 7.05 Å². The van der Waals surface area contributed by atoms with E-state index in [1.54, 1.807) is 40.9 Å². The molecule has 1 amide bonds. The van der Waals surface area contributed by atoms with Gasteiger partial charge in [-0.3, -0.25) is 24.4 Å². The molecule has 1 saturated heterocycles. The van der Waals surface area contributed by atoms with E-state index in [0.29, 0.717) is 23.3 Å². The van der Waals surface area contributed by atoms with E-state index < -0.39 is 0 Å². The Labute approximate surface area is 201 Å². The third-order valence-corrected chi connectivity index (χ3v) is 6.42. The Bertz CT molecular complexity index is 1480. The molecular weight excluding hydrogens is 446 g/mol. The van der Waals surface area contributed by atoms with Crippen LogP contribution in [0.1, 0.15) is 27.3 Å². The SMILES string of the molecule is COc1c(C(=O)NN2CCCNC2)n(C)c2c1c(=O)n(CC(=O)c1ccccc1)c1ccccc21. The number of hydrogen-bond donors (Lipinski definition) is 2. The molecule has 0 bridgehead atoms. The van der Waals surface area contributed by atoms with E-state index in [-0.39, 0.29) is 40.6 Å². The fraction of sp³-hybridized carbons (Fsp3) is 0.269. The van der Waals surface area contributed by atoms with E-state index in [0.717, 1.165) is 24.9 Å². The molecule has 1 aliphatic heterocycles. The molecule has 1 aliphatic rings. The van der Waals surface area contributed by atoms with Gasteiger partial charge in [-0.05, 0) is 19.0 Å². The van der Waals surface area contributed by atoms with Crippen LogP contribution in [0.4, 0.5) is 0 Å². The summed E-state index contributed by atoms with van der Waals surface area (Å²) in [6.45, 7) is 2.03. The number of Topliss-reactive ketones (excluding diaryl/α,β-unsaturated/α-hetero) is 1. The van der Waals surface area contributed by atoms with E-state index >= 15 is 0 Å². The van der Waals surface area contributed by atoms with Gasteiger partial charge in [0, 0.05) is 24.5 Å². The maximum atomic E-state index is 13.8. The Morgan fingerprint density at radius 1 is 1.09 bits per heavy atom. The zero-order valence-corrected chi connectivity index (χ0v) is 19.7. The number of rotatable bonds is 6. The van der Waals surface area contributed by atoms with Gasteiger partial charge >= 0.3 is 0 Å². The number of aromatic nitrogens is 2. The van der Waals surface area contributed by atoms with Crippen LogP contribution in [0.2, 0.25) is 0 Å². The van der Waals surface area contributed by atoms with Crippen molar-refractivity contribution in [1.82, 2.24) is 24.9 Å². The fourth-order valence-corrected chi connectivity index (χ4v) is 4.78. The molecule has 4 aromatic rings. The molecule has 0 saturated carbocycles. The van der Waals surface area contributed by atoms with Crippen molar-refractivity contribution in [1.29, 1.82) is 0 Å². The second-order valence-electron chi connectivity index (χ2n) is 8.58. The number of carbonyl (C=O) groups is 2. The molecule has 9 nitrogen and oxygen atoms in total. The lowest BCUT2D eigenvalue weighted by atomic mass is 10.1. The molecule has 0 aliphatic carbocycles. The number of pyridine rings is 1. The Morgan fingerprint density at radius 2 is 1.83 bits per heavy atom. The Balaban J connectivity index is 1.69. The van der Waals surface area contributed by atoms with Gasteiger partial charge in [-0.2, -0.15) is 0 Å². The van der Waals surface area contributed by atoms with Crippen molar-refractivity contribution in [3.05, 3.63) is 76.2 Å². The molecule has 3 heterocycles. The van der Waals surface area contributed by atoms with Crippen molar-refractivity contribution in [2.75, 3.05) is 26.9 Å². The number of hydrazine groups is 1. The zero-order valence-electron chi connectivity index (χ0n) is 19.7. The zero-order chi connectivity index (χ0) is 24.5. The molecule has 0 spiro atoms. The molecule has 180 valence electrons. The van der Waals surface area contributed by atoms with Gasteiger partial charge in [-0.1, -0.05) is 48.5 Å². The molecule has 1 fully saturated rings. The van der Waals surface area contributed by atoms with Crippen molar-refractivity contribution in [3.8, 4) is 5.75 Å². The van der Waals surface area contributed by atoms with Crippen molar-refractivity contribution in [3.63, 3.8) is 0 Å². The third kappa shape index (κ3) is 3.98. The number of ketones is 1. The summed E-state index contributed by atoms with van der Waals surface area (Å²) in [5, 5.41) is 6.05. The maximum Gasteiger partial charge on any atom is 0.286 e. The predicted octanol–water partition coefficient (Wildman–Crippen LogP) is 2.28. The number of methoxy groups -OCH3 is 1. The van der Waals surface area contributed by atoms with Crippen LogP contribution in [-0.2, 0) is 13.6 Å². The van der Waals surface area contributed by atoms with Gasteiger partial charge in [-0.25, -0.2) is 5.01 Å². The summed E-state index contributed by atoms with van der Waals surface area (Å²) in [6.07, 6.45) is 0.914. The molecule has 2 N–H and O–H groups in total. The standard InChI is InChI=1S/C26H27N5O4/c1-29-22-18-11-6-7-12-19(18)31(15-20(32)17-9-4-3-5-10-17)26(34)21(22)24(35-2)23(29)25(33)28-30-14-8-13-27-16-30/h3-7,9-12,27H,8,13-16H2,1-2H3,(H,28,33). The first-order valence-electron chi connectivity index (χ1n) is 11.5. The van der Waals surface area contributed by atoms with E-state index in [2.05, 4.69) is 10.7 Å². The monoisotopic (exact) mass is 473 g/mol. The van der Waals surface area contributed by atoms with Crippen LogP contribution in [-0.4, -0.2) is 52.7 Å². The lowest BCUT2D eigenvalue weighted by Crippen LogP contribution is -2.51. The Hall–Kier alpha value is -3.95. The van der Waals surface area contributed by atoms with Crippen LogP contribution in [0.5, 0.6) is 5.75 Å². The minimum Gasteiger partial charge on any atom is -0.493 e. The third-order valence-electron chi connectivity index (χ3n) is 6.42. The fourth-order valence-electron chi connectivity index (χ4n) is 4.78. The summed E-state index contributed by atoms with van der Waals surface area (Å²) in [5.74, 6) is -0.344. The number of nitrogens with one attached hydrogen (secondary N) is 2. The van der Waals surface area contributed by atoms with E-state index in [1.807, 2.05) is 30.3 Å². The molecular formula is C26H27N5O4. The first-order valence-corrected chi connectivity index (χ1v) is 11.5. The highest BCUT2D eigenvalue weighted by Crippen LogP contribution is 2.34. The highest BCUT2D eigenvalue weighted by molar-refractivity contribution is 6.12. The van der Waals surface area contributed by atoms with Gasteiger partial charge in [0.05, 0.1) is 31.4 Å². The van der Waals surface area contributed by atoms with Crippen LogP contribution in [0.15, 0.2) is 59.4 Å². The Morgan fingerprint density at radius 3 is 2.54 bits per heavy atom. The first kappa shape index (κ1) is 22.8. The number of fused-ring (bicyclic) bond motifs is 3. The van der Waals surface area contributed by atoms with Crippen LogP contribution >= 0.6 is 0 Å². The number of para-hydroxylation sites is 1. The summed E-state index contributed by atoms with van der Waals surface area (Å²) < 4.78 is 8.82. The van der Waals surface area contributed by atoms with Gasteiger partial charge in [0.2, 0.25) is 0 Å². The van der Waals surface area contributed by atoms with Crippen LogP contribution in [0.25, 0.3) is 21.8 Å². The molecule has 0 atom stereocenters. The average Bonchev–Trinajstić information content (AvgIpc) is 3.20. The molecule has 2 aromatic heterocycles. The number of benzene rings is 2. The predicted molar refractivity (Wildman–Crippen MR) is 134 cm³/mol. The average molecular weight is 474 g/mol. The van der Waals surface area contributed by atoms with Gasteiger partial charge in [0.1, 0.15) is 5.39 Å². The summed E-state index contributed by atoms with van der Waals surface area (Å²) >= 11 is 0. The van der Waals surface area contributed by atoms with Crippen LogP contribution in [0, 0.1) is 0 Å². The highest BCUT2D eigenvalue weighted by atomic mass is 16.5. The number of hydrogen-bond acceptors (Lipinski definition) is 6. The van der Waals surface area contributed by atoms with Gasteiger partial charge < -0.3 is 14.6 Å². The number of nitrogens with zero attached hydrogens (tertiary/aromatic N) is 3. The summed E-state index contributed by atoms with van der Waals surface area (Å²) in [4.78, 5) is 40.2. The molecule has 0 radical (unpaired) electrons. The highest BCUT2D eigenvalue weighted by Gasteiger charge is 2.28. The summed E-state index contributed by atoms with van der Waals surface area (Å²) in [7, 11) is 3.20. The molecule has 5 rings (SSSR count). The van der Waals surface area contributed by atoms with Gasteiger partial charge in [-0.15, -0.1) is 0 Å². The number of amides is 1. The second kappa shape index (κ2) is 9.36. The number of aryl methyl sites for hydroxylation is 1.